The van der Waals surface area contributed by atoms with E-state index < -0.39 is 0 Å². The number of rotatable bonds is 7. The second-order valence-electron chi connectivity index (χ2n) is 6.56. The summed E-state index contributed by atoms with van der Waals surface area (Å²) in [6.07, 6.45) is 5.05. The minimum absolute atomic E-state index is 0.0399. The van der Waals surface area contributed by atoms with Crippen molar-refractivity contribution in [1.82, 2.24) is 19.5 Å². The van der Waals surface area contributed by atoms with E-state index in [0.29, 0.717) is 12.0 Å². The number of nitrogens with zero attached hydrogens (tertiary/aromatic N) is 5. The third kappa shape index (κ3) is 3.10. The van der Waals surface area contributed by atoms with Gasteiger partial charge in [-0.15, -0.1) is 0 Å². The fourth-order valence-corrected chi connectivity index (χ4v) is 2.68. The van der Waals surface area contributed by atoms with Crippen LogP contribution >= 0.6 is 0 Å². The summed E-state index contributed by atoms with van der Waals surface area (Å²) in [6.45, 7) is 6.32. The Hall–Kier alpha value is -1.89. The molecule has 0 aliphatic heterocycles. The van der Waals surface area contributed by atoms with Gasteiger partial charge in [-0.05, 0) is 33.1 Å². The SMILES string of the molecule is CC[C@H](CO)Nc1nc(N(C)C2CC2)c2ncn(C(C)C)c2n1. The molecule has 2 aromatic rings. The summed E-state index contributed by atoms with van der Waals surface area (Å²) >= 11 is 0. The molecule has 1 fully saturated rings. The molecule has 3 rings (SSSR count). The van der Waals surface area contributed by atoms with Crippen LogP contribution < -0.4 is 10.2 Å². The molecule has 0 unspecified atom stereocenters. The Bertz CT molecular complexity index is 675. The van der Waals surface area contributed by atoms with Gasteiger partial charge in [-0.25, -0.2) is 4.98 Å². The summed E-state index contributed by atoms with van der Waals surface area (Å²) in [6, 6.07) is 0.786. The molecule has 0 saturated heterocycles. The van der Waals surface area contributed by atoms with Gasteiger partial charge < -0.3 is 19.9 Å². The van der Waals surface area contributed by atoms with Crippen LogP contribution in [-0.4, -0.2) is 50.4 Å². The minimum Gasteiger partial charge on any atom is -0.394 e. The van der Waals surface area contributed by atoms with E-state index >= 15 is 0 Å². The van der Waals surface area contributed by atoms with Crippen molar-refractivity contribution in [3.63, 3.8) is 0 Å². The molecular weight excluding hydrogens is 292 g/mol. The van der Waals surface area contributed by atoms with Crippen molar-refractivity contribution in [2.75, 3.05) is 23.9 Å². The Kier molecular flexibility index (Phi) is 4.39. The summed E-state index contributed by atoms with van der Waals surface area (Å²) in [5, 5.41) is 12.7. The van der Waals surface area contributed by atoms with Crippen LogP contribution in [-0.2, 0) is 0 Å². The largest absolute Gasteiger partial charge is 0.394 e. The average molecular weight is 318 g/mol. The number of aliphatic hydroxyl groups excluding tert-OH is 1. The Morgan fingerprint density at radius 1 is 1.39 bits per heavy atom. The summed E-state index contributed by atoms with van der Waals surface area (Å²) < 4.78 is 2.06. The molecular formula is C16H26N6O. The van der Waals surface area contributed by atoms with Crippen LogP contribution in [0.25, 0.3) is 11.2 Å². The lowest BCUT2D eigenvalue weighted by Gasteiger charge is -2.20. The van der Waals surface area contributed by atoms with Crippen LogP contribution in [0.15, 0.2) is 6.33 Å². The van der Waals surface area contributed by atoms with Gasteiger partial charge in [0.05, 0.1) is 19.0 Å². The maximum absolute atomic E-state index is 9.43. The molecule has 23 heavy (non-hydrogen) atoms. The molecule has 2 aromatic heterocycles. The fraction of sp³-hybridized carbons (Fsp3) is 0.688. The highest BCUT2D eigenvalue weighted by Gasteiger charge is 2.30. The number of fused-ring (bicyclic) bond motifs is 1. The Labute approximate surface area is 136 Å². The van der Waals surface area contributed by atoms with Crippen molar-refractivity contribution in [2.24, 2.45) is 0 Å². The number of aliphatic hydroxyl groups is 1. The quantitative estimate of drug-likeness (QED) is 0.815. The number of hydrogen-bond donors (Lipinski definition) is 2. The molecule has 1 aliphatic carbocycles. The monoisotopic (exact) mass is 318 g/mol. The molecule has 0 aromatic carbocycles. The average Bonchev–Trinajstić information content (AvgIpc) is 3.30. The smallest absolute Gasteiger partial charge is 0.227 e. The summed E-state index contributed by atoms with van der Waals surface area (Å²) in [7, 11) is 2.07. The van der Waals surface area contributed by atoms with Crippen molar-refractivity contribution in [3.8, 4) is 0 Å². The zero-order chi connectivity index (χ0) is 16.6. The molecule has 7 heteroatoms. The van der Waals surface area contributed by atoms with Crippen molar-refractivity contribution in [3.05, 3.63) is 6.33 Å². The first-order valence-corrected chi connectivity index (χ1v) is 8.39. The number of aromatic nitrogens is 4. The third-order valence-corrected chi connectivity index (χ3v) is 4.43. The zero-order valence-corrected chi connectivity index (χ0v) is 14.3. The fourth-order valence-electron chi connectivity index (χ4n) is 2.68. The van der Waals surface area contributed by atoms with Crippen LogP contribution in [0.2, 0.25) is 0 Å². The lowest BCUT2D eigenvalue weighted by atomic mass is 10.2. The predicted molar refractivity (Wildman–Crippen MR) is 91.9 cm³/mol. The van der Waals surface area contributed by atoms with E-state index in [0.717, 1.165) is 23.4 Å². The molecule has 0 bridgehead atoms. The molecule has 126 valence electrons. The number of nitrogens with one attached hydrogen (secondary N) is 1. The second-order valence-corrected chi connectivity index (χ2v) is 6.56. The Morgan fingerprint density at radius 2 is 2.13 bits per heavy atom. The van der Waals surface area contributed by atoms with Crippen LogP contribution in [0.4, 0.5) is 11.8 Å². The van der Waals surface area contributed by atoms with E-state index in [4.69, 9.17) is 0 Å². The standard InChI is InChI=1S/C16H26N6O/c1-5-11(8-23)18-16-19-14(21(4)12-6-7-12)13-15(20-16)22(9-17-13)10(2)3/h9-12,23H,5-8H2,1-4H3,(H,18,19,20)/t11-/m1/s1. The summed E-state index contributed by atoms with van der Waals surface area (Å²) in [5.41, 5.74) is 1.68. The van der Waals surface area contributed by atoms with Gasteiger partial charge in [-0.1, -0.05) is 6.92 Å². The minimum atomic E-state index is -0.0399. The van der Waals surface area contributed by atoms with Gasteiger partial charge in [0.15, 0.2) is 17.0 Å². The van der Waals surface area contributed by atoms with Crippen molar-refractivity contribution in [2.45, 2.75) is 58.2 Å². The van der Waals surface area contributed by atoms with E-state index in [1.807, 2.05) is 13.3 Å². The zero-order valence-electron chi connectivity index (χ0n) is 14.3. The third-order valence-electron chi connectivity index (χ3n) is 4.43. The van der Waals surface area contributed by atoms with Gasteiger partial charge in [0.25, 0.3) is 0 Å². The highest BCUT2D eigenvalue weighted by Crippen LogP contribution is 2.33. The van der Waals surface area contributed by atoms with Gasteiger partial charge in [0.2, 0.25) is 5.95 Å². The van der Waals surface area contributed by atoms with Crippen LogP contribution in [0.5, 0.6) is 0 Å². The number of anilines is 2. The number of hydrogen-bond acceptors (Lipinski definition) is 6. The second kappa shape index (κ2) is 6.31. The first kappa shape index (κ1) is 16.0. The van der Waals surface area contributed by atoms with Gasteiger partial charge in [0.1, 0.15) is 0 Å². The molecule has 1 aliphatic rings. The van der Waals surface area contributed by atoms with Gasteiger partial charge >= 0.3 is 0 Å². The van der Waals surface area contributed by atoms with Crippen molar-refractivity contribution >= 4 is 22.9 Å². The maximum atomic E-state index is 9.43. The van der Waals surface area contributed by atoms with E-state index in [1.165, 1.54) is 12.8 Å². The van der Waals surface area contributed by atoms with E-state index in [2.05, 4.69) is 50.6 Å². The Balaban J connectivity index is 2.07. The molecule has 1 saturated carbocycles. The lowest BCUT2D eigenvalue weighted by Crippen LogP contribution is -2.26. The van der Waals surface area contributed by atoms with Crippen LogP contribution in [0, 0.1) is 0 Å². The molecule has 0 amide bonds. The summed E-state index contributed by atoms with van der Waals surface area (Å²) in [5.74, 6) is 1.43. The highest BCUT2D eigenvalue weighted by atomic mass is 16.3. The van der Waals surface area contributed by atoms with Gasteiger partial charge in [0, 0.05) is 19.1 Å². The molecule has 0 spiro atoms. The van der Waals surface area contributed by atoms with E-state index in [1.54, 1.807) is 0 Å². The molecule has 0 radical (unpaired) electrons. The normalized spacial score (nSPS) is 16.1. The lowest BCUT2D eigenvalue weighted by molar-refractivity contribution is 0.271. The van der Waals surface area contributed by atoms with Gasteiger partial charge in [-0.2, -0.15) is 9.97 Å². The molecule has 7 nitrogen and oxygen atoms in total. The first-order chi connectivity index (χ1) is 11.0. The molecule has 1 atom stereocenters. The summed E-state index contributed by atoms with van der Waals surface area (Å²) in [4.78, 5) is 16.1. The van der Waals surface area contributed by atoms with Crippen LogP contribution in [0.1, 0.15) is 46.1 Å². The first-order valence-electron chi connectivity index (χ1n) is 8.39. The van der Waals surface area contributed by atoms with Gasteiger partial charge in [-0.3, -0.25) is 0 Å². The number of imidazole rings is 1. The topological polar surface area (TPSA) is 79.1 Å². The van der Waals surface area contributed by atoms with E-state index in [9.17, 15) is 5.11 Å². The van der Waals surface area contributed by atoms with Crippen molar-refractivity contribution in [1.29, 1.82) is 0 Å². The molecule has 2 heterocycles. The van der Waals surface area contributed by atoms with Crippen LogP contribution in [0.3, 0.4) is 0 Å². The Morgan fingerprint density at radius 3 is 2.70 bits per heavy atom. The maximum Gasteiger partial charge on any atom is 0.227 e. The molecule has 2 N–H and O–H groups in total. The van der Waals surface area contributed by atoms with E-state index in [-0.39, 0.29) is 18.7 Å². The van der Waals surface area contributed by atoms with Crippen molar-refractivity contribution < 1.29 is 5.11 Å². The predicted octanol–water partition coefficient (Wildman–Crippen LogP) is 2.19. The highest BCUT2D eigenvalue weighted by molar-refractivity contribution is 5.85.